The molecule has 0 bridgehead atoms. The smallest absolute Gasteiger partial charge is 0.267 e. The summed E-state index contributed by atoms with van der Waals surface area (Å²) in [5.74, 6) is -0.588. The van der Waals surface area contributed by atoms with E-state index < -0.39 is 12.2 Å². The number of aromatic amines is 1. The number of H-pyrrole nitrogens is 1. The second kappa shape index (κ2) is 9.99. The fraction of sp³-hybridized carbons (Fsp3) is 0.227. The van der Waals surface area contributed by atoms with Gasteiger partial charge in [-0.15, -0.1) is 0 Å². The summed E-state index contributed by atoms with van der Waals surface area (Å²) in [6.07, 6.45) is 4.22. The summed E-state index contributed by atoms with van der Waals surface area (Å²) >= 11 is 0. The number of amides is 1. The third-order valence-electron chi connectivity index (χ3n) is 4.72. The fourth-order valence-corrected chi connectivity index (χ4v) is 3.28. The van der Waals surface area contributed by atoms with Gasteiger partial charge in [-0.1, -0.05) is 42.5 Å². The number of nitrogens with zero attached hydrogens (tertiary/aromatic N) is 1. The highest BCUT2D eigenvalue weighted by Crippen LogP contribution is 2.19. The average molecular weight is 395 g/mol. The Labute approximate surface area is 168 Å². The summed E-state index contributed by atoms with van der Waals surface area (Å²) in [5, 5.41) is 28.6. The topological polar surface area (TPSA) is 109 Å². The number of carbonyl (C=O) groups excluding carboxylic acids is 1. The maximum absolute atomic E-state index is 11.0. The number of aromatic nitrogens is 1. The minimum absolute atomic E-state index is 0.153. The predicted octanol–water partition coefficient (Wildman–Crippen LogP) is 2.04. The summed E-state index contributed by atoms with van der Waals surface area (Å²) in [6.45, 7) is 1.40. The number of aliphatic hydroxyl groups excluding tert-OH is 1. The number of rotatable bonds is 9. The summed E-state index contributed by atoms with van der Waals surface area (Å²) in [5.41, 5.74) is 5.68. The molecule has 0 aliphatic rings. The van der Waals surface area contributed by atoms with Crippen molar-refractivity contribution in [1.29, 1.82) is 0 Å². The molecule has 0 saturated carbocycles. The Hall–Kier alpha value is -2.97. The van der Waals surface area contributed by atoms with Crippen LogP contribution in [-0.2, 0) is 17.8 Å². The third kappa shape index (κ3) is 6.00. The van der Waals surface area contributed by atoms with Crippen molar-refractivity contribution < 1.29 is 20.2 Å². The van der Waals surface area contributed by atoms with Crippen LogP contribution in [0.5, 0.6) is 0 Å². The lowest BCUT2D eigenvalue weighted by atomic mass is 10.1. The van der Waals surface area contributed by atoms with Crippen molar-refractivity contribution in [2.75, 3.05) is 13.1 Å². The molecule has 0 atom stereocenters. The Morgan fingerprint density at radius 2 is 1.90 bits per heavy atom. The predicted molar refractivity (Wildman–Crippen MR) is 111 cm³/mol. The second-order valence-electron chi connectivity index (χ2n) is 6.88. The number of hydrogen-bond acceptors (Lipinski definition) is 5. The maximum atomic E-state index is 11.0. The molecule has 0 radical (unpaired) electrons. The van der Waals surface area contributed by atoms with Gasteiger partial charge in [-0.25, -0.2) is 5.48 Å². The monoisotopic (exact) mass is 395 g/mol. The lowest BCUT2D eigenvalue weighted by molar-refractivity contribution is -0.124. The molecule has 1 aromatic heterocycles. The first-order chi connectivity index (χ1) is 14.0. The van der Waals surface area contributed by atoms with Crippen LogP contribution in [-0.4, -0.2) is 50.6 Å². The van der Waals surface area contributed by atoms with E-state index in [1.165, 1.54) is 17.0 Å². The number of para-hydroxylation sites is 1. The SMILES string of the molecule is O=C(/C=C/c1ccc(CN(CCc2c[nH]c3ccccc23)CC(O)O)cc1)NO. The zero-order valence-corrected chi connectivity index (χ0v) is 16.0. The van der Waals surface area contributed by atoms with Crippen LogP contribution >= 0.6 is 0 Å². The van der Waals surface area contributed by atoms with Gasteiger partial charge in [0.2, 0.25) is 0 Å². The number of aliphatic hydroxyl groups is 2. The Bertz CT molecular complexity index is 964. The third-order valence-corrected chi connectivity index (χ3v) is 4.72. The quantitative estimate of drug-likeness (QED) is 0.165. The van der Waals surface area contributed by atoms with Crippen molar-refractivity contribution in [3.8, 4) is 0 Å². The van der Waals surface area contributed by atoms with Gasteiger partial charge in [0.1, 0.15) is 0 Å². The highest BCUT2D eigenvalue weighted by atomic mass is 16.5. The fourth-order valence-electron chi connectivity index (χ4n) is 3.28. The molecule has 29 heavy (non-hydrogen) atoms. The van der Waals surface area contributed by atoms with Crippen LogP contribution in [0.15, 0.2) is 60.8 Å². The van der Waals surface area contributed by atoms with E-state index in [-0.39, 0.29) is 6.54 Å². The van der Waals surface area contributed by atoms with E-state index in [2.05, 4.69) is 11.1 Å². The largest absolute Gasteiger partial charge is 0.367 e. The first-order valence-corrected chi connectivity index (χ1v) is 9.39. The zero-order valence-electron chi connectivity index (χ0n) is 16.0. The Balaban J connectivity index is 1.64. The molecular weight excluding hydrogens is 370 g/mol. The van der Waals surface area contributed by atoms with E-state index in [1.54, 1.807) is 11.6 Å². The molecule has 0 aliphatic carbocycles. The normalized spacial score (nSPS) is 11.8. The van der Waals surface area contributed by atoms with Gasteiger partial charge < -0.3 is 15.2 Å². The number of fused-ring (bicyclic) bond motifs is 1. The van der Waals surface area contributed by atoms with Crippen molar-refractivity contribution in [2.24, 2.45) is 0 Å². The number of nitrogens with one attached hydrogen (secondary N) is 2. The van der Waals surface area contributed by atoms with Gasteiger partial charge in [-0.05, 0) is 35.3 Å². The maximum Gasteiger partial charge on any atom is 0.267 e. The molecule has 1 amide bonds. The molecule has 3 aromatic rings. The Morgan fingerprint density at radius 3 is 2.62 bits per heavy atom. The van der Waals surface area contributed by atoms with Crippen molar-refractivity contribution in [3.05, 3.63) is 77.5 Å². The minimum atomic E-state index is -1.41. The molecule has 3 rings (SSSR count). The highest BCUT2D eigenvalue weighted by molar-refractivity contribution is 5.90. The minimum Gasteiger partial charge on any atom is -0.367 e. The molecule has 7 heteroatoms. The van der Waals surface area contributed by atoms with E-state index in [1.807, 2.05) is 53.6 Å². The average Bonchev–Trinajstić information content (AvgIpc) is 3.14. The lowest BCUT2D eigenvalue weighted by Gasteiger charge is -2.23. The number of hydroxylamine groups is 1. The molecule has 7 nitrogen and oxygen atoms in total. The number of benzene rings is 2. The first kappa shape index (κ1) is 20.8. The summed E-state index contributed by atoms with van der Waals surface area (Å²) in [4.78, 5) is 16.3. The lowest BCUT2D eigenvalue weighted by Crippen LogP contribution is -2.33. The second-order valence-corrected chi connectivity index (χ2v) is 6.88. The Morgan fingerprint density at radius 1 is 1.14 bits per heavy atom. The van der Waals surface area contributed by atoms with Crippen molar-refractivity contribution in [2.45, 2.75) is 19.3 Å². The van der Waals surface area contributed by atoms with E-state index in [0.29, 0.717) is 13.1 Å². The summed E-state index contributed by atoms with van der Waals surface area (Å²) in [7, 11) is 0. The van der Waals surface area contributed by atoms with Gasteiger partial charge in [-0.3, -0.25) is 14.9 Å². The van der Waals surface area contributed by atoms with Crippen LogP contribution < -0.4 is 5.48 Å². The van der Waals surface area contributed by atoms with Crippen LogP contribution in [0.25, 0.3) is 17.0 Å². The summed E-state index contributed by atoms with van der Waals surface area (Å²) in [6, 6.07) is 15.7. The van der Waals surface area contributed by atoms with Crippen molar-refractivity contribution in [1.82, 2.24) is 15.4 Å². The molecule has 0 saturated heterocycles. The molecule has 0 unspecified atom stereocenters. The molecular formula is C22H25N3O4. The molecule has 2 aromatic carbocycles. The van der Waals surface area contributed by atoms with Crippen LogP contribution in [0.3, 0.4) is 0 Å². The van der Waals surface area contributed by atoms with Crippen molar-refractivity contribution in [3.63, 3.8) is 0 Å². The number of hydrogen-bond donors (Lipinski definition) is 5. The van der Waals surface area contributed by atoms with Crippen molar-refractivity contribution >= 4 is 22.9 Å². The number of carbonyl (C=O) groups is 1. The Kier molecular flexibility index (Phi) is 7.15. The molecule has 1 heterocycles. The van der Waals surface area contributed by atoms with E-state index >= 15 is 0 Å². The molecule has 5 N–H and O–H groups in total. The first-order valence-electron chi connectivity index (χ1n) is 9.39. The van der Waals surface area contributed by atoms with E-state index in [4.69, 9.17) is 5.21 Å². The van der Waals surface area contributed by atoms with Crippen LogP contribution in [0, 0.1) is 0 Å². The molecule has 0 spiro atoms. The van der Waals surface area contributed by atoms with Gasteiger partial charge in [0, 0.05) is 42.8 Å². The van der Waals surface area contributed by atoms with Crippen LogP contribution in [0.1, 0.15) is 16.7 Å². The molecule has 0 aliphatic heterocycles. The standard InChI is InChI=1S/C22H25N3O4/c26-21(24-29)10-9-16-5-7-17(8-6-16)14-25(15-22(27)28)12-11-18-13-23-20-4-2-1-3-19(18)20/h1-10,13,22-23,27-29H,11-12,14-15H2,(H,24,26)/b10-9+. The van der Waals surface area contributed by atoms with Gasteiger partial charge >= 0.3 is 0 Å². The van der Waals surface area contributed by atoms with Crippen LogP contribution in [0.2, 0.25) is 0 Å². The van der Waals surface area contributed by atoms with Gasteiger partial charge in [-0.2, -0.15) is 0 Å². The summed E-state index contributed by atoms with van der Waals surface area (Å²) < 4.78 is 0. The van der Waals surface area contributed by atoms with Crippen LogP contribution in [0.4, 0.5) is 0 Å². The molecule has 0 fully saturated rings. The van der Waals surface area contributed by atoms with E-state index in [0.717, 1.165) is 23.1 Å². The van der Waals surface area contributed by atoms with Gasteiger partial charge in [0.15, 0.2) is 6.29 Å². The van der Waals surface area contributed by atoms with Gasteiger partial charge in [0.25, 0.3) is 5.91 Å². The zero-order chi connectivity index (χ0) is 20.6. The van der Waals surface area contributed by atoms with Gasteiger partial charge in [0.05, 0.1) is 0 Å². The molecule has 152 valence electrons. The highest BCUT2D eigenvalue weighted by Gasteiger charge is 2.12. The van der Waals surface area contributed by atoms with E-state index in [9.17, 15) is 15.0 Å².